The van der Waals surface area contributed by atoms with Crippen LogP contribution in [-0.4, -0.2) is 39.5 Å². The van der Waals surface area contributed by atoms with E-state index in [2.05, 4.69) is 10.5 Å². The molecule has 0 aliphatic heterocycles. The first-order valence-electron chi connectivity index (χ1n) is 8.15. The molecule has 0 saturated heterocycles. The van der Waals surface area contributed by atoms with Gasteiger partial charge in [-0.2, -0.15) is 13.2 Å². The SMILES string of the molecule is O=C(N[C@@H]1C[C@H](O)C[C@H](O)C1)c1noc(-c2ccc(C(F)(F)F)cc2)c1Cl. The van der Waals surface area contributed by atoms with E-state index in [0.29, 0.717) is 0 Å². The van der Waals surface area contributed by atoms with Crippen molar-refractivity contribution < 1.29 is 32.7 Å². The number of rotatable bonds is 3. The molecular weight excluding hydrogens is 389 g/mol. The van der Waals surface area contributed by atoms with Crippen LogP contribution in [0.3, 0.4) is 0 Å². The first-order valence-corrected chi connectivity index (χ1v) is 8.52. The normalized spacial score (nSPS) is 23.3. The summed E-state index contributed by atoms with van der Waals surface area (Å²) in [5, 5.41) is 25.4. The Bertz CT molecular complexity index is 813. The van der Waals surface area contributed by atoms with Gasteiger partial charge in [-0.25, -0.2) is 0 Å². The van der Waals surface area contributed by atoms with E-state index in [0.717, 1.165) is 12.1 Å². The van der Waals surface area contributed by atoms with Gasteiger partial charge in [-0.1, -0.05) is 28.9 Å². The number of carbonyl (C=O) groups excluding carboxylic acids is 1. The number of benzene rings is 1. The van der Waals surface area contributed by atoms with E-state index in [-0.39, 0.29) is 41.3 Å². The summed E-state index contributed by atoms with van der Waals surface area (Å²) in [5.74, 6) is -0.688. The highest BCUT2D eigenvalue weighted by atomic mass is 35.5. The number of carbonyl (C=O) groups is 1. The van der Waals surface area contributed by atoms with E-state index in [4.69, 9.17) is 16.1 Å². The van der Waals surface area contributed by atoms with Gasteiger partial charge in [0, 0.05) is 11.6 Å². The van der Waals surface area contributed by atoms with Gasteiger partial charge in [0.25, 0.3) is 5.91 Å². The predicted molar refractivity (Wildman–Crippen MR) is 89.1 cm³/mol. The minimum Gasteiger partial charge on any atom is -0.393 e. The minimum atomic E-state index is -4.47. The summed E-state index contributed by atoms with van der Waals surface area (Å²) in [6, 6.07) is 3.63. The molecule has 0 radical (unpaired) electrons. The van der Waals surface area contributed by atoms with Crippen molar-refractivity contribution in [3.05, 3.63) is 40.5 Å². The Hall–Kier alpha value is -2.10. The van der Waals surface area contributed by atoms with E-state index in [1.54, 1.807) is 0 Å². The van der Waals surface area contributed by atoms with Crippen molar-refractivity contribution >= 4 is 17.5 Å². The van der Waals surface area contributed by atoms with Gasteiger partial charge in [0.15, 0.2) is 11.5 Å². The van der Waals surface area contributed by atoms with Crippen molar-refractivity contribution in [2.75, 3.05) is 0 Å². The van der Waals surface area contributed by atoms with Crippen molar-refractivity contribution in [3.63, 3.8) is 0 Å². The number of aromatic nitrogens is 1. The smallest absolute Gasteiger partial charge is 0.393 e. The van der Waals surface area contributed by atoms with Crippen molar-refractivity contribution in [1.82, 2.24) is 10.5 Å². The van der Waals surface area contributed by atoms with Crippen LogP contribution in [0.25, 0.3) is 11.3 Å². The predicted octanol–water partition coefficient (Wildman–Crippen LogP) is 3.02. The number of aliphatic hydroxyl groups excluding tert-OH is 2. The van der Waals surface area contributed by atoms with Gasteiger partial charge >= 0.3 is 6.18 Å². The summed E-state index contributed by atoms with van der Waals surface area (Å²) in [7, 11) is 0. The molecule has 1 aromatic carbocycles. The van der Waals surface area contributed by atoms with Gasteiger partial charge in [0.05, 0.1) is 17.8 Å². The Morgan fingerprint density at radius 1 is 1.15 bits per heavy atom. The van der Waals surface area contributed by atoms with Crippen LogP contribution in [0.4, 0.5) is 13.2 Å². The Kier molecular flexibility index (Phi) is 5.45. The average Bonchev–Trinajstić information content (AvgIpc) is 2.95. The van der Waals surface area contributed by atoms with Gasteiger partial charge in [-0.3, -0.25) is 4.79 Å². The second-order valence-electron chi connectivity index (χ2n) is 6.43. The van der Waals surface area contributed by atoms with Crippen LogP contribution < -0.4 is 5.32 Å². The molecule has 1 heterocycles. The maximum Gasteiger partial charge on any atom is 0.416 e. The van der Waals surface area contributed by atoms with Crippen LogP contribution in [0, 0.1) is 0 Å². The number of alkyl halides is 3. The Morgan fingerprint density at radius 3 is 2.30 bits per heavy atom. The molecule has 1 aliphatic carbocycles. The van der Waals surface area contributed by atoms with Crippen LogP contribution in [-0.2, 0) is 6.18 Å². The third-order valence-corrected chi connectivity index (χ3v) is 4.67. The maximum absolute atomic E-state index is 12.6. The van der Waals surface area contributed by atoms with Gasteiger partial charge in [-0.05, 0) is 31.4 Å². The van der Waals surface area contributed by atoms with E-state index < -0.39 is 35.9 Å². The lowest BCUT2D eigenvalue weighted by molar-refractivity contribution is -0.137. The van der Waals surface area contributed by atoms with Crippen molar-refractivity contribution in [2.45, 2.75) is 43.7 Å². The first kappa shape index (κ1) is 19.7. The largest absolute Gasteiger partial charge is 0.416 e. The van der Waals surface area contributed by atoms with E-state index in [1.165, 1.54) is 12.1 Å². The second-order valence-corrected chi connectivity index (χ2v) is 6.81. The Labute approximate surface area is 156 Å². The van der Waals surface area contributed by atoms with Crippen LogP contribution in [0.2, 0.25) is 5.02 Å². The molecule has 27 heavy (non-hydrogen) atoms. The standard InChI is InChI=1S/C17H16ClF3N2O4/c18-13-14(16(26)22-10-5-11(24)7-12(25)6-10)23-27-15(13)8-1-3-9(4-2-8)17(19,20)21/h1-4,10-12,24-25H,5-7H2,(H,22,26)/t10-,11+,12-. The van der Waals surface area contributed by atoms with E-state index >= 15 is 0 Å². The third kappa shape index (κ3) is 4.42. The molecule has 6 nitrogen and oxygen atoms in total. The van der Waals surface area contributed by atoms with E-state index in [1.807, 2.05) is 0 Å². The topological polar surface area (TPSA) is 95.6 Å². The number of amides is 1. The number of nitrogens with zero attached hydrogens (tertiary/aromatic N) is 1. The van der Waals surface area contributed by atoms with Crippen molar-refractivity contribution in [3.8, 4) is 11.3 Å². The zero-order valence-corrected chi connectivity index (χ0v) is 14.6. The maximum atomic E-state index is 12.6. The monoisotopic (exact) mass is 404 g/mol. The van der Waals surface area contributed by atoms with Crippen LogP contribution in [0.15, 0.2) is 28.8 Å². The zero-order chi connectivity index (χ0) is 19.8. The van der Waals surface area contributed by atoms with Crippen LogP contribution >= 0.6 is 11.6 Å². The van der Waals surface area contributed by atoms with Crippen LogP contribution in [0.5, 0.6) is 0 Å². The number of aliphatic hydroxyl groups is 2. The molecule has 0 spiro atoms. The summed E-state index contributed by atoms with van der Waals surface area (Å²) < 4.78 is 43.0. The molecule has 3 N–H and O–H groups in total. The number of halogens is 4. The molecule has 1 saturated carbocycles. The molecule has 3 atom stereocenters. The molecule has 0 unspecified atom stereocenters. The molecule has 1 fully saturated rings. The number of hydrogen-bond acceptors (Lipinski definition) is 5. The summed E-state index contributed by atoms with van der Waals surface area (Å²) in [6.07, 6.45) is -5.11. The molecule has 1 amide bonds. The number of hydrogen-bond donors (Lipinski definition) is 3. The average molecular weight is 405 g/mol. The van der Waals surface area contributed by atoms with Gasteiger partial charge < -0.3 is 20.1 Å². The van der Waals surface area contributed by atoms with Crippen LogP contribution in [0.1, 0.15) is 35.3 Å². The second kappa shape index (κ2) is 7.49. The fourth-order valence-electron chi connectivity index (χ4n) is 3.04. The quantitative estimate of drug-likeness (QED) is 0.731. The molecule has 10 heteroatoms. The molecule has 1 aliphatic rings. The number of nitrogens with one attached hydrogen (secondary N) is 1. The summed E-state index contributed by atoms with van der Waals surface area (Å²) in [4.78, 5) is 12.3. The minimum absolute atomic E-state index is 0.0285. The Balaban J connectivity index is 1.76. The van der Waals surface area contributed by atoms with Gasteiger partial charge in [0.1, 0.15) is 5.02 Å². The fraction of sp³-hybridized carbons (Fsp3) is 0.412. The van der Waals surface area contributed by atoms with E-state index in [9.17, 15) is 28.2 Å². The highest BCUT2D eigenvalue weighted by Crippen LogP contribution is 2.34. The third-order valence-electron chi connectivity index (χ3n) is 4.32. The van der Waals surface area contributed by atoms with Gasteiger partial charge in [0.2, 0.25) is 0 Å². The van der Waals surface area contributed by atoms with Gasteiger partial charge in [-0.15, -0.1) is 0 Å². The molecule has 0 bridgehead atoms. The molecule has 1 aromatic heterocycles. The summed E-state index contributed by atoms with van der Waals surface area (Å²) in [5.41, 5.74) is -0.807. The fourth-order valence-corrected chi connectivity index (χ4v) is 3.31. The lowest BCUT2D eigenvalue weighted by atomic mass is 9.90. The lowest BCUT2D eigenvalue weighted by Crippen LogP contribution is -2.44. The molecule has 2 aromatic rings. The molecule has 3 rings (SSSR count). The van der Waals surface area contributed by atoms with Crippen molar-refractivity contribution in [2.24, 2.45) is 0 Å². The summed E-state index contributed by atoms with van der Waals surface area (Å²) in [6.45, 7) is 0. The van der Waals surface area contributed by atoms with Crippen molar-refractivity contribution in [1.29, 1.82) is 0 Å². The highest BCUT2D eigenvalue weighted by Gasteiger charge is 2.31. The first-order chi connectivity index (χ1) is 12.6. The Morgan fingerprint density at radius 2 is 1.74 bits per heavy atom. The molecule has 146 valence electrons. The molecular formula is C17H16ClF3N2O4. The highest BCUT2D eigenvalue weighted by molar-refractivity contribution is 6.35. The zero-order valence-electron chi connectivity index (χ0n) is 13.8. The lowest BCUT2D eigenvalue weighted by Gasteiger charge is -2.29. The summed E-state index contributed by atoms with van der Waals surface area (Å²) >= 11 is 6.12.